The minimum Gasteiger partial charge on any atom is -0.383 e. The second kappa shape index (κ2) is 6.26. The van der Waals surface area contributed by atoms with Gasteiger partial charge in [0.05, 0.1) is 6.61 Å². The third-order valence-corrected chi connectivity index (χ3v) is 4.06. The molecule has 0 aromatic carbocycles. The van der Waals surface area contributed by atoms with E-state index in [1.54, 1.807) is 7.11 Å². The monoisotopic (exact) mass is 227 g/mol. The van der Waals surface area contributed by atoms with Crippen LogP contribution in [0.5, 0.6) is 0 Å². The van der Waals surface area contributed by atoms with E-state index in [1.807, 2.05) is 11.3 Å². The summed E-state index contributed by atoms with van der Waals surface area (Å²) in [7, 11) is 1.74. The second-order valence-corrected chi connectivity index (χ2v) is 4.94. The van der Waals surface area contributed by atoms with Crippen molar-refractivity contribution < 1.29 is 4.74 Å². The van der Waals surface area contributed by atoms with Crippen molar-refractivity contribution in [2.45, 2.75) is 32.7 Å². The molecule has 0 spiro atoms. The average Bonchev–Trinajstić information content (AvgIpc) is 2.63. The van der Waals surface area contributed by atoms with Crippen LogP contribution in [0.1, 0.15) is 30.2 Å². The topological polar surface area (TPSA) is 21.3 Å². The van der Waals surface area contributed by atoms with E-state index >= 15 is 0 Å². The van der Waals surface area contributed by atoms with Gasteiger partial charge in [-0.15, -0.1) is 11.3 Å². The summed E-state index contributed by atoms with van der Waals surface area (Å²) in [4.78, 5) is 1.49. The minimum atomic E-state index is 0.498. The number of methoxy groups -OCH3 is 1. The first-order valence-electron chi connectivity index (χ1n) is 5.43. The van der Waals surface area contributed by atoms with Crippen LogP contribution >= 0.6 is 11.3 Å². The molecule has 1 N–H and O–H groups in total. The van der Waals surface area contributed by atoms with E-state index in [1.165, 1.54) is 10.4 Å². The fraction of sp³-hybridized carbons (Fsp3) is 0.667. The highest BCUT2D eigenvalue weighted by molar-refractivity contribution is 7.10. The van der Waals surface area contributed by atoms with Crippen LogP contribution in [0.15, 0.2) is 11.4 Å². The second-order valence-electron chi connectivity index (χ2n) is 3.99. The van der Waals surface area contributed by atoms with Gasteiger partial charge < -0.3 is 10.1 Å². The van der Waals surface area contributed by atoms with Crippen molar-refractivity contribution >= 4 is 11.3 Å². The number of nitrogens with one attached hydrogen (secondary N) is 1. The predicted molar refractivity (Wildman–Crippen MR) is 66.8 cm³/mol. The molecule has 1 rings (SSSR count). The summed E-state index contributed by atoms with van der Waals surface area (Å²) in [6.45, 7) is 8.40. The summed E-state index contributed by atoms with van der Waals surface area (Å²) in [5, 5.41) is 5.65. The van der Waals surface area contributed by atoms with E-state index in [4.69, 9.17) is 4.74 Å². The van der Waals surface area contributed by atoms with Gasteiger partial charge in [-0.3, -0.25) is 0 Å². The van der Waals surface area contributed by atoms with Crippen molar-refractivity contribution in [1.82, 2.24) is 5.32 Å². The molecule has 0 aliphatic heterocycles. The van der Waals surface area contributed by atoms with Gasteiger partial charge in [-0.25, -0.2) is 0 Å². The lowest BCUT2D eigenvalue weighted by Crippen LogP contribution is -2.33. The fourth-order valence-corrected chi connectivity index (χ4v) is 2.73. The van der Waals surface area contributed by atoms with Crippen LogP contribution in [-0.2, 0) is 4.74 Å². The first-order chi connectivity index (χ1) is 7.16. The zero-order valence-corrected chi connectivity index (χ0v) is 10.9. The maximum Gasteiger partial charge on any atom is 0.0587 e. The van der Waals surface area contributed by atoms with E-state index in [-0.39, 0.29) is 0 Å². The predicted octanol–water partition coefficient (Wildman–Crippen LogP) is 2.78. The molecule has 0 saturated heterocycles. The van der Waals surface area contributed by atoms with E-state index in [2.05, 4.69) is 37.5 Å². The third-order valence-electron chi connectivity index (χ3n) is 2.84. The van der Waals surface area contributed by atoms with Gasteiger partial charge >= 0.3 is 0 Å². The lowest BCUT2D eigenvalue weighted by molar-refractivity contribution is 0.195. The number of rotatable bonds is 6. The van der Waals surface area contributed by atoms with Crippen molar-refractivity contribution in [2.24, 2.45) is 0 Å². The number of thiophene rings is 1. The highest BCUT2D eigenvalue weighted by Crippen LogP contribution is 2.27. The lowest BCUT2D eigenvalue weighted by Gasteiger charge is -2.21. The number of hydrogen-bond donors (Lipinski definition) is 1. The van der Waals surface area contributed by atoms with E-state index in [0.717, 1.165) is 13.2 Å². The highest BCUT2D eigenvalue weighted by atomic mass is 32.1. The normalized spacial score (nSPS) is 15.2. The average molecular weight is 227 g/mol. The molecule has 0 aliphatic rings. The molecule has 0 amide bonds. The van der Waals surface area contributed by atoms with Crippen molar-refractivity contribution in [3.8, 4) is 0 Å². The van der Waals surface area contributed by atoms with Crippen LogP contribution in [0.2, 0.25) is 0 Å². The zero-order chi connectivity index (χ0) is 11.3. The standard InChI is InChI=1S/C12H21NOS/c1-9-5-8-15-12(9)10(2)11(3)13-6-7-14-4/h5,8,10-11,13H,6-7H2,1-4H3. The first-order valence-corrected chi connectivity index (χ1v) is 6.31. The van der Waals surface area contributed by atoms with Gasteiger partial charge in [0.15, 0.2) is 0 Å². The Labute approximate surface area is 96.7 Å². The zero-order valence-electron chi connectivity index (χ0n) is 10.0. The highest BCUT2D eigenvalue weighted by Gasteiger charge is 2.16. The molecule has 0 fully saturated rings. The fourth-order valence-electron chi connectivity index (χ4n) is 1.64. The molecule has 1 aromatic rings. The van der Waals surface area contributed by atoms with Crippen molar-refractivity contribution in [2.75, 3.05) is 20.3 Å². The minimum absolute atomic E-state index is 0.498. The molecule has 0 saturated carbocycles. The molecular weight excluding hydrogens is 206 g/mol. The Morgan fingerprint density at radius 2 is 2.20 bits per heavy atom. The molecule has 1 aromatic heterocycles. The van der Waals surface area contributed by atoms with E-state index < -0.39 is 0 Å². The Kier molecular flexibility index (Phi) is 5.29. The summed E-state index contributed by atoms with van der Waals surface area (Å²) in [5.74, 6) is 0.571. The Hall–Kier alpha value is -0.380. The summed E-state index contributed by atoms with van der Waals surface area (Å²) >= 11 is 1.85. The summed E-state index contributed by atoms with van der Waals surface area (Å²) < 4.78 is 5.03. The van der Waals surface area contributed by atoms with Crippen LogP contribution in [0.3, 0.4) is 0 Å². The van der Waals surface area contributed by atoms with Gasteiger partial charge in [0.2, 0.25) is 0 Å². The van der Waals surface area contributed by atoms with Gasteiger partial charge in [0.1, 0.15) is 0 Å². The Morgan fingerprint density at radius 1 is 1.47 bits per heavy atom. The molecule has 0 radical (unpaired) electrons. The Balaban J connectivity index is 2.46. The lowest BCUT2D eigenvalue weighted by atomic mass is 9.99. The molecule has 1 heterocycles. The van der Waals surface area contributed by atoms with Crippen molar-refractivity contribution in [3.05, 3.63) is 21.9 Å². The quantitative estimate of drug-likeness (QED) is 0.755. The van der Waals surface area contributed by atoms with E-state index in [9.17, 15) is 0 Å². The van der Waals surface area contributed by atoms with Crippen molar-refractivity contribution in [3.63, 3.8) is 0 Å². The molecule has 3 heteroatoms. The Bertz CT molecular complexity index is 285. The first kappa shape index (κ1) is 12.7. The molecule has 86 valence electrons. The number of hydrogen-bond acceptors (Lipinski definition) is 3. The van der Waals surface area contributed by atoms with E-state index in [0.29, 0.717) is 12.0 Å². The van der Waals surface area contributed by atoms with Gasteiger partial charge in [-0.05, 0) is 30.9 Å². The third kappa shape index (κ3) is 3.59. The number of aryl methyl sites for hydroxylation is 1. The van der Waals surface area contributed by atoms with Gasteiger partial charge in [0.25, 0.3) is 0 Å². The molecule has 15 heavy (non-hydrogen) atoms. The molecule has 2 unspecified atom stereocenters. The van der Waals surface area contributed by atoms with Gasteiger partial charge in [-0.2, -0.15) is 0 Å². The van der Waals surface area contributed by atoms with Crippen LogP contribution in [-0.4, -0.2) is 26.3 Å². The van der Waals surface area contributed by atoms with Crippen LogP contribution < -0.4 is 5.32 Å². The molecular formula is C12H21NOS. The van der Waals surface area contributed by atoms with Crippen molar-refractivity contribution in [1.29, 1.82) is 0 Å². The van der Waals surface area contributed by atoms with Crippen LogP contribution in [0.25, 0.3) is 0 Å². The van der Waals surface area contributed by atoms with Gasteiger partial charge in [-0.1, -0.05) is 6.92 Å². The molecule has 2 atom stereocenters. The maximum absolute atomic E-state index is 5.03. The number of ether oxygens (including phenoxy) is 1. The van der Waals surface area contributed by atoms with Crippen LogP contribution in [0.4, 0.5) is 0 Å². The molecule has 0 aliphatic carbocycles. The van der Waals surface area contributed by atoms with Gasteiger partial charge in [0, 0.05) is 30.5 Å². The summed E-state index contributed by atoms with van der Waals surface area (Å²) in [6, 6.07) is 2.69. The SMILES string of the molecule is COCCNC(C)C(C)c1sccc1C. The molecule has 0 bridgehead atoms. The van der Waals surface area contributed by atoms with Crippen LogP contribution in [0, 0.1) is 6.92 Å². The Morgan fingerprint density at radius 3 is 2.73 bits per heavy atom. The summed E-state index contributed by atoms with van der Waals surface area (Å²) in [5.41, 5.74) is 1.41. The largest absolute Gasteiger partial charge is 0.383 e. The smallest absolute Gasteiger partial charge is 0.0587 e. The summed E-state index contributed by atoms with van der Waals surface area (Å²) in [6.07, 6.45) is 0. The maximum atomic E-state index is 5.03. The molecule has 2 nitrogen and oxygen atoms in total.